The summed E-state index contributed by atoms with van der Waals surface area (Å²) in [4.78, 5) is 26.3. The number of amides is 1. The van der Waals surface area contributed by atoms with Gasteiger partial charge in [0.25, 0.3) is 15.9 Å². The highest BCUT2D eigenvalue weighted by Gasteiger charge is 2.49. The van der Waals surface area contributed by atoms with E-state index in [1.807, 2.05) is 36.4 Å². The predicted octanol–water partition coefficient (Wildman–Crippen LogP) is 3.81. The summed E-state index contributed by atoms with van der Waals surface area (Å²) in [6.07, 6.45) is 1.01. The summed E-state index contributed by atoms with van der Waals surface area (Å²) in [6, 6.07) is 20.5. The molecule has 0 saturated carbocycles. The lowest BCUT2D eigenvalue weighted by atomic mass is 9.74. The fourth-order valence-electron chi connectivity index (χ4n) is 5.59. The molecule has 4 heterocycles. The lowest BCUT2D eigenvalue weighted by Crippen LogP contribution is -2.47. The number of benzene rings is 2. The highest BCUT2D eigenvalue weighted by Crippen LogP contribution is 2.49. The molecule has 0 atom stereocenters. The standard InChI is InChI=1S/C31H27N3O7S/c32-19-22-7-10-25-24(18-22)31(20-34(25)42(38,39)28-13-12-27(41-28)30(36)37)14-16-33(17-15-31)29(35)26-11-9-23(40-26)8-6-21-4-2-1-3-5-21/h1-5,7,9-13,18H,14-17,19-20,32H2,(H,36,37). The van der Waals surface area contributed by atoms with Crippen LogP contribution in [0.4, 0.5) is 5.69 Å². The molecule has 0 bridgehead atoms. The van der Waals surface area contributed by atoms with Crippen molar-refractivity contribution in [3.8, 4) is 11.8 Å². The smallest absolute Gasteiger partial charge is 0.371 e. The van der Waals surface area contributed by atoms with Crippen molar-refractivity contribution in [3.05, 3.63) is 107 Å². The van der Waals surface area contributed by atoms with Crippen LogP contribution in [0.15, 0.2) is 86.7 Å². The van der Waals surface area contributed by atoms with Crippen molar-refractivity contribution >= 4 is 27.6 Å². The van der Waals surface area contributed by atoms with Crippen LogP contribution in [0.2, 0.25) is 0 Å². The Morgan fingerprint density at radius 2 is 1.67 bits per heavy atom. The van der Waals surface area contributed by atoms with Crippen molar-refractivity contribution in [2.24, 2.45) is 5.73 Å². The number of fused-ring (bicyclic) bond motifs is 2. The molecule has 2 aliphatic heterocycles. The lowest BCUT2D eigenvalue weighted by molar-refractivity contribution is 0.0638. The molecule has 11 heteroatoms. The maximum atomic E-state index is 13.6. The predicted molar refractivity (Wildman–Crippen MR) is 152 cm³/mol. The fourth-order valence-corrected chi connectivity index (χ4v) is 7.08. The van der Waals surface area contributed by atoms with E-state index < -0.39 is 32.3 Å². The first-order valence-corrected chi connectivity index (χ1v) is 14.8. The number of rotatable bonds is 5. The van der Waals surface area contributed by atoms with Gasteiger partial charge in [-0.3, -0.25) is 9.10 Å². The zero-order valence-electron chi connectivity index (χ0n) is 22.4. The molecule has 2 aromatic heterocycles. The van der Waals surface area contributed by atoms with E-state index in [-0.39, 0.29) is 24.8 Å². The third-order valence-corrected chi connectivity index (χ3v) is 9.48. The minimum Gasteiger partial charge on any atom is -0.475 e. The van der Waals surface area contributed by atoms with Gasteiger partial charge in [0.2, 0.25) is 10.9 Å². The largest absolute Gasteiger partial charge is 0.475 e. The quantitative estimate of drug-likeness (QED) is 0.336. The summed E-state index contributed by atoms with van der Waals surface area (Å²) in [5, 5.41) is 8.77. The zero-order chi connectivity index (χ0) is 29.5. The molecule has 1 spiro atoms. The number of nitrogens with zero attached hydrogens (tertiary/aromatic N) is 2. The number of likely N-dealkylation sites (tertiary alicyclic amines) is 1. The van der Waals surface area contributed by atoms with Gasteiger partial charge in [0, 0.05) is 37.2 Å². The van der Waals surface area contributed by atoms with E-state index in [0.29, 0.717) is 37.4 Å². The first-order valence-electron chi connectivity index (χ1n) is 13.4. The number of furan rings is 2. The molecular weight excluding hydrogens is 558 g/mol. The van der Waals surface area contributed by atoms with Crippen molar-refractivity contribution < 1.29 is 31.9 Å². The van der Waals surface area contributed by atoms with Crippen LogP contribution >= 0.6 is 0 Å². The van der Waals surface area contributed by atoms with Crippen LogP contribution in [0.5, 0.6) is 0 Å². The van der Waals surface area contributed by atoms with Crippen LogP contribution in [-0.4, -0.2) is 49.9 Å². The zero-order valence-corrected chi connectivity index (χ0v) is 23.3. The maximum absolute atomic E-state index is 13.6. The van der Waals surface area contributed by atoms with Crippen LogP contribution in [0, 0.1) is 11.8 Å². The Labute approximate surface area is 242 Å². The second-order valence-electron chi connectivity index (χ2n) is 10.3. The maximum Gasteiger partial charge on any atom is 0.371 e. The van der Waals surface area contributed by atoms with Gasteiger partial charge in [0.1, 0.15) is 0 Å². The van der Waals surface area contributed by atoms with Crippen LogP contribution < -0.4 is 10.0 Å². The second kappa shape index (κ2) is 10.6. The number of carboxylic acid groups (broad SMARTS) is 1. The van der Waals surface area contributed by atoms with Gasteiger partial charge in [0.15, 0.2) is 11.5 Å². The molecular formula is C31H27N3O7S. The highest BCUT2D eigenvalue weighted by atomic mass is 32.2. The topological polar surface area (TPSA) is 147 Å². The monoisotopic (exact) mass is 585 g/mol. The van der Waals surface area contributed by atoms with Crippen molar-refractivity contribution in [2.75, 3.05) is 23.9 Å². The number of carbonyl (C=O) groups is 2. The summed E-state index contributed by atoms with van der Waals surface area (Å²) in [7, 11) is -4.19. The van der Waals surface area contributed by atoms with E-state index in [0.717, 1.165) is 28.8 Å². The Morgan fingerprint density at radius 3 is 2.36 bits per heavy atom. The van der Waals surface area contributed by atoms with Gasteiger partial charge in [-0.25, -0.2) is 4.79 Å². The van der Waals surface area contributed by atoms with Gasteiger partial charge in [0.05, 0.1) is 5.69 Å². The van der Waals surface area contributed by atoms with Gasteiger partial charge in [-0.1, -0.05) is 36.3 Å². The van der Waals surface area contributed by atoms with Crippen LogP contribution in [0.25, 0.3) is 0 Å². The number of hydrogen-bond acceptors (Lipinski definition) is 7. The first-order chi connectivity index (χ1) is 20.2. The van der Waals surface area contributed by atoms with E-state index in [2.05, 4.69) is 11.8 Å². The Hall–Kier alpha value is -4.79. The van der Waals surface area contributed by atoms with Crippen LogP contribution in [0.3, 0.4) is 0 Å². The molecule has 6 rings (SSSR count). The van der Waals surface area contributed by atoms with E-state index in [9.17, 15) is 23.1 Å². The third kappa shape index (κ3) is 4.85. The van der Waals surface area contributed by atoms with Crippen molar-refractivity contribution in [1.82, 2.24) is 4.90 Å². The summed E-state index contributed by atoms with van der Waals surface area (Å²) in [5.74, 6) is 4.46. The van der Waals surface area contributed by atoms with Gasteiger partial charge >= 0.3 is 5.97 Å². The molecule has 3 N–H and O–H groups in total. The number of anilines is 1. The van der Waals surface area contributed by atoms with Gasteiger partial charge in [-0.15, -0.1) is 0 Å². The Balaban J connectivity index is 1.23. The molecule has 2 aliphatic rings. The molecule has 0 radical (unpaired) electrons. The van der Waals surface area contributed by atoms with Crippen molar-refractivity contribution in [2.45, 2.75) is 29.9 Å². The SMILES string of the molecule is NCc1ccc2c(c1)C1(CCN(C(=O)c3ccc(C#Cc4ccccc4)o3)CC1)CN2S(=O)(=O)c1ccc(C(=O)O)o1. The number of nitrogens with two attached hydrogens (primary N) is 1. The third-order valence-electron chi connectivity index (χ3n) is 7.85. The normalized spacial score (nSPS) is 15.7. The number of piperidine rings is 1. The molecule has 4 aromatic rings. The summed E-state index contributed by atoms with van der Waals surface area (Å²) < 4.78 is 39.5. The minimum absolute atomic E-state index is 0.129. The van der Waals surface area contributed by atoms with E-state index in [1.54, 1.807) is 29.2 Å². The van der Waals surface area contributed by atoms with Crippen LogP contribution in [-0.2, 0) is 22.0 Å². The molecule has 0 aliphatic carbocycles. The average molecular weight is 586 g/mol. The number of carbonyl (C=O) groups excluding carboxylic acids is 1. The van der Waals surface area contributed by atoms with Gasteiger partial charge in [-0.2, -0.15) is 8.42 Å². The lowest BCUT2D eigenvalue weighted by Gasteiger charge is -2.39. The summed E-state index contributed by atoms with van der Waals surface area (Å²) in [6.45, 7) is 1.18. The molecule has 10 nitrogen and oxygen atoms in total. The van der Waals surface area contributed by atoms with E-state index >= 15 is 0 Å². The summed E-state index contributed by atoms with van der Waals surface area (Å²) in [5.41, 5.74) is 8.37. The highest BCUT2D eigenvalue weighted by molar-refractivity contribution is 7.92. The van der Waals surface area contributed by atoms with Crippen molar-refractivity contribution in [1.29, 1.82) is 0 Å². The van der Waals surface area contributed by atoms with Gasteiger partial charge < -0.3 is 24.6 Å². The summed E-state index contributed by atoms with van der Waals surface area (Å²) >= 11 is 0. The molecule has 1 fully saturated rings. The molecule has 0 unspecified atom stereocenters. The number of hydrogen-bond donors (Lipinski definition) is 2. The molecule has 2 aromatic carbocycles. The second-order valence-corrected chi connectivity index (χ2v) is 12.1. The fraction of sp³-hybridized carbons (Fsp3) is 0.226. The number of aromatic carboxylic acids is 1. The minimum atomic E-state index is -4.19. The molecule has 1 saturated heterocycles. The first kappa shape index (κ1) is 27.4. The van der Waals surface area contributed by atoms with Crippen molar-refractivity contribution in [3.63, 3.8) is 0 Å². The van der Waals surface area contributed by atoms with Gasteiger partial charge in [-0.05, 0) is 72.4 Å². The van der Waals surface area contributed by atoms with Crippen LogP contribution in [0.1, 0.15) is 56.4 Å². The molecule has 214 valence electrons. The number of carboxylic acids is 1. The average Bonchev–Trinajstić information content (AvgIpc) is 3.76. The Morgan fingerprint density at radius 1 is 0.929 bits per heavy atom. The van der Waals surface area contributed by atoms with E-state index in [1.165, 1.54) is 4.31 Å². The number of sulfonamides is 1. The Kier molecular flexibility index (Phi) is 6.88. The molecule has 1 amide bonds. The van der Waals surface area contributed by atoms with E-state index in [4.69, 9.17) is 14.6 Å². The molecule has 42 heavy (non-hydrogen) atoms. The Bertz CT molecular complexity index is 1840.